The summed E-state index contributed by atoms with van der Waals surface area (Å²) in [4.78, 5) is 16.8. The van der Waals surface area contributed by atoms with Crippen LogP contribution >= 0.6 is 15.9 Å². The van der Waals surface area contributed by atoms with E-state index in [0.29, 0.717) is 11.4 Å². The molecule has 3 rings (SSSR count). The number of carbonyl (C=O) groups excluding carboxylic acids is 1. The fraction of sp³-hybridized carbons (Fsp3) is 0.263. The van der Waals surface area contributed by atoms with Crippen molar-refractivity contribution in [2.75, 3.05) is 0 Å². The van der Waals surface area contributed by atoms with Crippen molar-refractivity contribution in [3.05, 3.63) is 64.1 Å². The number of halogens is 1. The lowest BCUT2D eigenvalue weighted by atomic mass is 9.85. The third kappa shape index (κ3) is 4.02. The summed E-state index contributed by atoms with van der Waals surface area (Å²) in [7, 11) is 0. The van der Waals surface area contributed by atoms with E-state index >= 15 is 0 Å². The van der Waals surface area contributed by atoms with Gasteiger partial charge in [-0.25, -0.2) is 0 Å². The van der Waals surface area contributed by atoms with Crippen molar-refractivity contribution in [1.29, 1.82) is 0 Å². The van der Waals surface area contributed by atoms with Crippen LogP contribution in [0.1, 0.15) is 25.0 Å². The predicted molar refractivity (Wildman–Crippen MR) is 102 cm³/mol. The first-order valence-electron chi connectivity index (χ1n) is 7.99. The van der Waals surface area contributed by atoms with Gasteiger partial charge in [0.05, 0.1) is 16.9 Å². The topological polar surface area (TPSA) is 80.2 Å². The highest BCUT2D eigenvalue weighted by Gasteiger charge is 2.33. The molecule has 0 saturated carbocycles. The Morgan fingerprint density at radius 2 is 1.88 bits per heavy atom. The molecule has 1 heterocycles. The maximum atomic E-state index is 12.1. The van der Waals surface area contributed by atoms with Crippen LogP contribution in [-0.4, -0.2) is 23.2 Å². The zero-order valence-electron chi connectivity index (χ0n) is 14.1. The SMILES string of the molecule is CC1(C)Cc2ccccc2C(C(N=Nc2ccc(Br)cc2)C(N)=O)=N1. The molecule has 0 aliphatic carbocycles. The molecular formula is C19H19BrN4O. The number of nitrogens with zero attached hydrogens (tertiary/aromatic N) is 3. The summed E-state index contributed by atoms with van der Waals surface area (Å²) in [6.45, 7) is 4.07. The summed E-state index contributed by atoms with van der Waals surface area (Å²) >= 11 is 3.38. The molecule has 0 spiro atoms. The van der Waals surface area contributed by atoms with Crippen molar-refractivity contribution in [3.63, 3.8) is 0 Å². The van der Waals surface area contributed by atoms with Crippen LogP contribution in [0.4, 0.5) is 5.69 Å². The first-order valence-corrected chi connectivity index (χ1v) is 8.79. The van der Waals surface area contributed by atoms with E-state index in [0.717, 1.165) is 22.0 Å². The second-order valence-corrected chi connectivity index (χ2v) is 7.56. The first kappa shape index (κ1) is 17.5. The van der Waals surface area contributed by atoms with Gasteiger partial charge in [0.25, 0.3) is 0 Å². The van der Waals surface area contributed by atoms with E-state index in [9.17, 15) is 4.79 Å². The van der Waals surface area contributed by atoms with E-state index in [2.05, 4.69) is 32.2 Å². The van der Waals surface area contributed by atoms with E-state index in [1.54, 1.807) is 0 Å². The molecule has 1 atom stereocenters. The maximum Gasteiger partial charge on any atom is 0.250 e. The van der Waals surface area contributed by atoms with Crippen molar-refractivity contribution < 1.29 is 4.79 Å². The summed E-state index contributed by atoms with van der Waals surface area (Å²) < 4.78 is 0.949. The van der Waals surface area contributed by atoms with Gasteiger partial charge in [0.1, 0.15) is 0 Å². The number of carbonyl (C=O) groups is 1. The molecule has 1 unspecified atom stereocenters. The summed E-state index contributed by atoms with van der Waals surface area (Å²) in [5.41, 5.74) is 8.60. The van der Waals surface area contributed by atoms with Crippen LogP contribution in [0.25, 0.3) is 0 Å². The van der Waals surface area contributed by atoms with Gasteiger partial charge in [-0.1, -0.05) is 40.2 Å². The van der Waals surface area contributed by atoms with Gasteiger partial charge in [0, 0.05) is 10.0 Å². The molecular weight excluding hydrogens is 380 g/mol. The molecule has 0 bridgehead atoms. The van der Waals surface area contributed by atoms with Crippen LogP contribution in [0, 0.1) is 0 Å². The molecule has 2 aromatic carbocycles. The second kappa shape index (κ2) is 6.88. The Morgan fingerprint density at radius 3 is 2.56 bits per heavy atom. The predicted octanol–water partition coefficient (Wildman–Crippen LogP) is 4.21. The monoisotopic (exact) mass is 398 g/mol. The molecule has 25 heavy (non-hydrogen) atoms. The number of rotatable bonds is 4. The number of benzene rings is 2. The molecule has 2 N–H and O–H groups in total. The van der Waals surface area contributed by atoms with Gasteiger partial charge in [0.15, 0.2) is 6.04 Å². The maximum absolute atomic E-state index is 12.1. The standard InChI is InChI=1S/C19H19BrN4O/c1-19(2)11-12-5-3-4-6-15(12)16(22-19)17(18(21)25)24-23-14-9-7-13(20)8-10-14/h3-10,17H,11H2,1-2H3,(H2,21,25). The Hall–Kier alpha value is -2.34. The molecule has 0 saturated heterocycles. The van der Waals surface area contributed by atoms with Crippen LogP contribution in [0.2, 0.25) is 0 Å². The van der Waals surface area contributed by atoms with Gasteiger partial charge in [-0.15, -0.1) is 0 Å². The van der Waals surface area contributed by atoms with Crippen molar-refractivity contribution in [3.8, 4) is 0 Å². The Morgan fingerprint density at radius 1 is 1.20 bits per heavy atom. The summed E-state index contributed by atoms with van der Waals surface area (Å²) in [6, 6.07) is 14.4. The lowest BCUT2D eigenvalue weighted by molar-refractivity contribution is -0.117. The molecule has 0 fully saturated rings. The highest BCUT2D eigenvalue weighted by molar-refractivity contribution is 9.10. The summed E-state index contributed by atoms with van der Waals surface area (Å²) in [6.07, 6.45) is 0.808. The Kier molecular flexibility index (Phi) is 4.81. The molecule has 0 radical (unpaired) electrons. The van der Waals surface area contributed by atoms with Crippen LogP contribution in [0.5, 0.6) is 0 Å². The molecule has 6 heteroatoms. The summed E-state index contributed by atoms with van der Waals surface area (Å²) in [5, 5.41) is 8.40. The van der Waals surface area contributed by atoms with E-state index < -0.39 is 11.9 Å². The Bertz CT molecular complexity index is 856. The van der Waals surface area contributed by atoms with E-state index in [-0.39, 0.29) is 5.54 Å². The smallest absolute Gasteiger partial charge is 0.250 e. The molecule has 0 aromatic heterocycles. The quantitative estimate of drug-likeness (QED) is 0.768. The van der Waals surface area contributed by atoms with E-state index in [1.165, 1.54) is 0 Å². The minimum atomic E-state index is -0.913. The van der Waals surface area contributed by atoms with Crippen LogP contribution < -0.4 is 5.73 Å². The lowest BCUT2D eigenvalue weighted by Crippen LogP contribution is -2.40. The number of nitrogens with two attached hydrogens (primary N) is 1. The number of primary amides is 1. The third-order valence-corrected chi connectivity index (χ3v) is 4.51. The average Bonchev–Trinajstić information content (AvgIpc) is 2.55. The van der Waals surface area contributed by atoms with Crippen molar-refractivity contribution in [2.24, 2.45) is 21.0 Å². The Labute approximate surface area is 155 Å². The molecule has 1 aliphatic heterocycles. The highest BCUT2D eigenvalue weighted by Crippen LogP contribution is 2.29. The number of amides is 1. The van der Waals surface area contributed by atoms with Crippen LogP contribution in [-0.2, 0) is 11.2 Å². The molecule has 5 nitrogen and oxygen atoms in total. The van der Waals surface area contributed by atoms with Gasteiger partial charge >= 0.3 is 0 Å². The largest absolute Gasteiger partial charge is 0.367 e. The zero-order chi connectivity index (χ0) is 18.0. The number of hydrogen-bond acceptors (Lipinski definition) is 4. The molecule has 2 aromatic rings. The normalized spacial score (nSPS) is 17.0. The van der Waals surface area contributed by atoms with E-state index in [1.807, 2.05) is 56.3 Å². The Balaban J connectivity index is 2.01. The van der Waals surface area contributed by atoms with Gasteiger partial charge in [-0.3, -0.25) is 9.79 Å². The fourth-order valence-electron chi connectivity index (χ4n) is 2.90. The zero-order valence-corrected chi connectivity index (χ0v) is 15.7. The molecule has 1 amide bonds. The summed E-state index contributed by atoms with van der Waals surface area (Å²) in [5.74, 6) is -0.563. The minimum Gasteiger partial charge on any atom is -0.367 e. The average molecular weight is 399 g/mol. The second-order valence-electron chi connectivity index (χ2n) is 6.64. The van der Waals surface area contributed by atoms with Crippen LogP contribution in [0.3, 0.4) is 0 Å². The van der Waals surface area contributed by atoms with Gasteiger partial charge < -0.3 is 5.73 Å². The number of hydrogen-bond donors (Lipinski definition) is 1. The van der Waals surface area contributed by atoms with Crippen molar-refractivity contribution in [1.82, 2.24) is 0 Å². The number of fused-ring (bicyclic) bond motifs is 1. The van der Waals surface area contributed by atoms with Gasteiger partial charge in [-0.2, -0.15) is 10.2 Å². The van der Waals surface area contributed by atoms with Gasteiger partial charge in [-0.05, 0) is 50.1 Å². The molecule has 128 valence electrons. The fourth-order valence-corrected chi connectivity index (χ4v) is 3.17. The van der Waals surface area contributed by atoms with Crippen molar-refractivity contribution >= 4 is 33.2 Å². The molecule has 1 aliphatic rings. The van der Waals surface area contributed by atoms with E-state index in [4.69, 9.17) is 10.7 Å². The third-order valence-electron chi connectivity index (χ3n) is 3.98. The lowest BCUT2D eigenvalue weighted by Gasteiger charge is -2.30. The number of aliphatic imine (C=N–C) groups is 1. The van der Waals surface area contributed by atoms with Crippen LogP contribution in [0.15, 0.2) is 68.2 Å². The minimum absolute atomic E-state index is 0.315. The van der Waals surface area contributed by atoms with Crippen molar-refractivity contribution in [2.45, 2.75) is 31.8 Å². The highest BCUT2D eigenvalue weighted by atomic mass is 79.9. The van der Waals surface area contributed by atoms with Gasteiger partial charge in [0.2, 0.25) is 5.91 Å². The first-order chi connectivity index (χ1) is 11.9. The number of azo groups is 1.